The number of hydrogen-bond acceptors (Lipinski definition) is 1. The first-order valence-corrected chi connectivity index (χ1v) is 8.00. The third-order valence-corrected chi connectivity index (χ3v) is 4.90. The van der Waals surface area contributed by atoms with Gasteiger partial charge in [0.15, 0.2) is 0 Å². The first-order chi connectivity index (χ1) is 9.13. The summed E-state index contributed by atoms with van der Waals surface area (Å²) < 4.78 is 1.06. The zero-order valence-corrected chi connectivity index (χ0v) is 13.4. The number of benzene rings is 1. The second kappa shape index (κ2) is 6.56. The van der Waals surface area contributed by atoms with E-state index in [0.29, 0.717) is 6.04 Å². The molecule has 0 aromatic heterocycles. The second-order valence-corrected chi connectivity index (χ2v) is 6.23. The fourth-order valence-electron chi connectivity index (χ4n) is 2.81. The lowest BCUT2D eigenvalue weighted by Gasteiger charge is -2.29. The lowest BCUT2D eigenvalue weighted by atomic mass is 10.1. The number of likely N-dealkylation sites (tertiary alicyclic amines) is 1. The van der Waals surface area contributed by atoms with Crippen LogP contribution >= 0.6 is 15.9 Å². The van der Waals surface area contributed by atoms with Gasteiger partial charge in [-0.1, -0.05) is 35.7 Å². The van der Waals surface area contributed by atoms with Crippen LogP contribution in [0.25, 0.3) is 0 Å². The third kappa shape index (κ3) is 3.38. The van der Waals surface area contributed by atoms with E-state index in [-0.39, 0.29) is 5.91 Å². The van der Waals surface area contributed by atoms with Gasteiger partial charge >= 0.3 is 0 Å². The highest BCUT2D eigenvalue weighted by Crippen LogP contribution is 2.23. The van der Waals surface area contributed by atoms with Gasteiger partial charge in [0.1, 0.15) is 0 Å². The smallest absolute Gasteiger partial charge is 0.254 e. The maximum Gasteiger partial charge on any atom is 0.254 e. The van der Waals surface area contributed by atoms with Crippen LogP contribution in [0.5, 0.6) is 0 Å². The van der Waals surface area contributed by atoms with Crippen LogP contribution in [0.3, 0.4) is 0 Å². The molecule has 1 saturated heterocycles. The predicted octanol–water partition coefficient (Wildman–Crippen LogP) is 4.55. The van der Waals surface area contributed by atoms with E-state index in [4.69, 9.17) is 0 Å². The van der Waals surface area contributed by atoms with Crippen molar-refractivity contribution in [3.8, 4) is 0 Å². The molecule has 1 aromatic carbocycles. The van der Waals surface area contributed by atoms with Gasteiger partial charge in [0.25, 0.3) is 5.91 Å². The molecule has 0 saturated carbocycles. The van der Waals surface area contributed by atoms with Crippen LogP contribution in [-0.2, 0) is 0 Å². The molecule has 0 N–H and O–H groups in total. The summed E-state index contributed by atoms with van der Waals surface area (Å²) in [6, 6.07) is 6.31. The molecule has 1 heterocycles. The van der Waals surface area contributed by atoms with Gasteiger partial charge in [-0.15, -0.1) is 0 Å². The maximum atomic E-state index is 12.7. The van der Waals surface area contributed by atoms with Crippen molar-refractivity contribution in [1.82, 2.24) is 4.90 Å². The summed E-state index contributed by atoms with van der Waals surface area (Å²) in [6.07, 6.45) is 5.85. The molecule has 1 atom stereocenters. The minimum Gasteiger partial charge on any atom is -0.336 e. The summed E-state index contributed by atoms with van der Waals surface area (Å²) in [5.41, 5.74) is 1.94. The highest BCUT2D eigenvalue weighted by molar-refractivity contribution is 9.10. The first kappa shape index (κ1) is 14.6. The number of aryl methyl sites for hydroxylation is 1. The number of nitrogens with zero attached hydrogens (tertiary/aromatic N) is 1. The van der Waals surface area contributed by atoms with Gasteiger partial charge in [0.05, 0.1) is 0 Å². The van der Waals surface area contributed by atoms with Gasteiger partial charge in [0, 0.05) is 22.6 Å². The van der Waals surface area contributed by atoms with Crippen molar-refractivity contribution < 1.29 is 4.79 Å². The lowest BCUT2D eigenvalue weighted by molar-refractivity contribution is 0.0678. The normalized spacial score (nSPS) is 20.2. The topological polar surface area (TPSA) is 20.3 Å². The van der Waals surface area contributed by atoms with Gasteiger partial charge in [-0.25, -0.2) is 0 Å². The molecular formula is C16H22BrNO. The van der Waals surface area contributed by atoms with E-state index in [0.717, 1.165) is 41.4 Å². The molecule has 1 aromatic rings. The minimum atomic E-state index is 0.198. The second-order valence-electron chi connectivity index (χ2n) is 5.37. The molecule has 1 aliphatic rings. The molecule has 1 fully saturated rings. The Morgan fingerprint density at radius 3 is 2.84 bits per heavy atom. The molecule has 19 heavy (non-hydrogen) atoms. The van der Waals surface area contributed by atoms with Gasteiger partial charge in [-0.2, -0.15) is 0 Å². The Balaban J connectivity index is 2.22. The number of carbonyl (C=O) groups excluding carboxylic acids is 1. The lowest BCUT2D eigenvalue weighted by Crippen LogP contribution is -2.39. The van der Waals surface area contributed by atoms with E-state index in [1.807, 2.05) is 25.1 Å². The van der Waals surface area contributed by atoms with Crippen LogP contribution in [0.1, 0.15) is 54.9 Å². The van der Waals surface area contributed by atoms with Crippen molar-refractivity contribution >= 4 is 21.8 Å². The average Bonchev–Trinajstić information content (AvgIpc) is 2.66. The fraction of sp³-hybridized carbons (Fsp3) is 0.562. The van der Waals surface area contributed by atoms with Gasteiger partial charge in [0.2, 0.25) is 0 Å². The summed E-state index contributed by atoms with van der Waals surface area (Å²) in [4.78, 5) is 14.8. The maximum absolute atomic E-state index is 12.7. The molecule has 1 unspecified atom stereocenters. The Labute approximate surface area is 124 Å². The van der Waals surface area contributed by atoms with Crippen molar-refractivity contribution in [3.05, 3.63) is 33.8 Å². The Bertz CT molecular complexity index is 458. The van der Waals surface area contributed by atoms with E-state index < -0.39 is 0 Å². The van der Waals surface area contributed by atoms with Crippen molar-refractivity contribution in [3.63, 3.8) is 0 Å². The fourth-order valence-corrected chi connectivity index (χ4v) is 3.06. The van der Waals surface area contributed by atoms with E-state index >= 15 is 0 Å². The Hall–Kier alpha value is -0.830. The number of rotatable bonds is 2. The van der Waals surface area contributed by atoms with Crippen LogP contribution in [0, 0.1) is 6.92 Å². The Kier molecular flexibility index (Phi) is 5.03. The largest absolute Gasteiger partial charge is 0.336 e. The average molecular weight is 324 g/mol. The molecule has 2 nitrogen and oxygen atoms in total. The van der Waals surface area contributed by atoms with Crippen LogP contribution in [0.2, 0.25) is 0 Å². The van der Waals surface area contributed by atoms with Crippen LogP contribution in [0.15, 0.2) is 22.7 Å². The Morgan fingerprint density at radius 2 is 2.16 bits per heavy atom. The van der Waals surface area contributed by atoms with Gasteiger partial charge in [-0.05, 0) is 49.9 Å². The molecule has 1 amide bonds. The summed E-state index contributed by atoms with van der Waals surface area (Å²) in [5, 5.41) is 0. The van der Waals surface area contributed by atoms with Crippen molar-refractivity contribution in [1.29, 1.82) is 0 Å². The summed E-state index contributed by atoms with van der Waals surface area (Å²) in [5.74, 6) is 0.198. The molecule has 0 spiro atoms. The van der Waals surface area contributed by atoms with E-state index in [1.54, 1.807) is 0 Å². The van der Waals surface area contributed by atoms with E-state index in [1.165, 1.54) is 12.8 Å². The van der Waals surface area contributed by atoms with Crippen molar-refractivity contribution in [2.45, 2.75) is 52.0 Å². The zero-order chi connectivity index (χ0) is 13.8. The van der Waals surface area contributed by atoms with Crippen molar-refractivity contribution in [2.75, 3.05) is 6.54 Å². The number of carbonyl (C=O) groups is 1. The summed E-state index contributed by atoms with van der Waals surface area (Å²) in [6.45, 7) is 5.12. The third-order valence-electron chi connectivity index (χ3n) is 4.01. The molecule has 0 aliphatic carbocycles. The summed E-state index contributed by atoms with van der Waals surface area (Å²) >= 11 is 3.49. The quantitative estimate of drug-likeness (QED) is 0.781. The van der Waals surface area contributed by atoms with E-state index in [9.17, 15) is 4.79 Å². The predicted molar refractivity (Wildman–Crippen MR) is 82.5 cm³/mol. The summed E-state index contributed by atoms with van der Waals surface area (Å²) in [7, 11) is 0. The van der Waals surface area contributed by atoms with Gasteiger partial charge in [-0.3, -0.25) is 4.79 Å². The number of halogens is 1. The van der Waals surface area contributed by atoms with Crippen molar-refractivity contribution in [2.24, 2.45) is 0 Å². The highest BCUT2D eigenvalue weighted by atomic mass is 79.9. The van der Waals surface area contributed by atoms with Crippen LogP contribution in [0.4, 0.5) is 0 Å². The standard InChI is InChI=1S/C16H22BrNO/c1-3-14-7-5-4-6-10-18(14)16(19)13-8-9-15(17)12(2)11-13/h8-9,11,14H,3-7,10H2,1-2H3. The molecule has 0 radical (unpaired) electrons. The zero-order valence-electron chi connectivity index (χ0n) is 11.8. The Morgan fingerprint density at radius 1 is 1.37 bits per heavy atom. The monoisotopic (exact) mass is 323 g/mol. The SMILES string of the molecule is CCC1CCCCCN1C(=O)c1ccc(Br)c(C)c1. The number of hydrogen-bond donors (Lipinski definition) is 0. The molecule has 3 heteroatoms. The van der Waals surface area contributed by atoms with E-state index in [2.05, 4.69) is 27.8 Å². The van der Waals surface area contributed by atoms with Gasteiger partial charge < -0.3 is 4.90 Å². The highest BCUT2D eigenvalue weighted by Gasteiger charge is 2.25. The minimum absolute atomic E-state index is 0.198. The van der Waals surface area contributed by atoms with Crippen LogP contribution < -0.4 is 0 Å². The molecule has 0 bridgehead atoms. The first-order valence-electron chi connectivity index (χ1n) is 7.20. The number of amides is 1. The van der Waals surface area contributed by atoms with Crippen LogP contribution in [-0.4, -0.2) is 23.4 Å². The molecule has 104 valence electrons. The molecule has 2 rings (SSSR count). The molecule has 1 aliphatic heterocycles. The molecular weight excluding hydrogens is 302 g/mol.